The van der Waals surface area contributed by atoms with Crippen LogP contribution in [0, 0.1) is 0 Å². The number of carbonyl (C=O) groups is 1. The summed E-state index contributed by atoms with van der Waals surface area (Å²) >= 11 is 0. The molecule has 0 spiro atoms. The Balaban J connectivity index is 0.00000225. The van der Waals surface area contributed by atoms with Gasteiger partial charge in [0, 0.05) is 0 Å². The van der Waals surface area contributed by atoms with Crippen molar-refractivity contribution in [1.82, 2.24) is 0 Å². The van der Waals surface area contributed by atoms with E-state index in [1.54, 1.807) is 0 Å². The van der Waals surface area contributed by atoms with Gasteiger partial charge in [-0.3, -0.25) is 4.55 Å². The van der Waals surface area contributed by atoms with Crippen molar-refractivity contribution in [2.75, 3.05) is 0 Å². The summed E-state index contributed by atoms with van der Waals surface area (Å²) in [7, 11) is -4.69. The summed E-state index contributed by atoms with van der Waals surface area (Å²) in [6, 6.07) is 4.72. The molecule has 0 saturated carbocycles. The zero-order valence-corrected chi connectivity index (χ0v) is 12.1. The van der Waals surface area contributed by atoms with Gasteiger partial charge in [-0.2, -0.15) is 8.42 Å². The quantitative estimate of drug-likeness (QED) is 0.270. The Bertz CT molecular complexity index is 452. The third kappa shape index (κ3) is 5.91. The largest absolute Gasteiger partial charge is 1.00 e. The van der Waals surface area contributed by atoms with Crippen LogP contribution in [0.2, 0.25) is 0 Å². The molecule has 0 amide bonds. The monoisotopic (exact) mass is 273 g/mol. The molecule has 0 fully saturated rings. The van der Waals surface area contributed by atoms with E-state index in [2.05, 4.69) is 9.22 Å². The minimum atomic E-state index is -4.69. The van der Waals surface area contributed by atoms with Crippen LogP contribution in [0.25, 0.3) is 0 Å². The Hall–Kier alpha value is -0.00364. The van der Waals surface area contributed by atoms with E-state index in [9.17, 15) is 13.2 Å². The van der Waals surface area contributed by atoms with Crippen LogP contribution in [-0.4, -0.2) is 24.0 Å². The average molecular weight is 273 g/mol. The van der Waals surface area contributed by atoms with E-state index in [1.165, 1.54) is 24.3 Å². The molecule has 16 heavy (non-hydrogen) atoms. The number of hydrogen-bond acceptors (Lipinski definition) is 5. The second kappa shape index (κ2) is 6.66. The van der Waals surface area contributed by atoms with Gasteiger partial charge in [0.1, 0.15) is 0 Å². The Morgan fingerprint density at radius 2 is 1.69 bits per heavy atom. The fourth-order valence-electron chi connectivity index (χ4n) is 0.735. The SMILES string of the molecule is O=C(O)c1ccc(OOS(=O)(=O)O)cc1.[K+]. The molecule has 0 aliphatic rings. The molecule has 7 nitrogen and oxygen atoms in total. The van der Waals surface area contributed by atoms with Gasteiger partial charge in [-0.25, -0.2) is 4.79 Å². The summed E-state index contributed by atoms with van der Waals surface area (Å²) in [4.78, 5) is 14.6. The summed E-state index contributed by atoms with van der Waals surface area (Å²) in [5, 5.41) is 8.53. The number of carboxylic acids is 1. The normalized spacial score (nSPS) is 10.3. The molecule has 0 unspecified atom stereocenters. The molecule has 2 N–H and O–H groups in total. The first-order valence-corrected chi connectivity index (χ1v) is 4.92. The van der Waals surface area contributed by atoms with Crippen LogP contribution in [0.4, 0.5) is 0 Å². The first-order chi connectivity index (χ1) is 6.88. The first kappa shape index (κ1) is 16.0. The van der Waals surface area contributed by atoms with E-state index >= 15 is 0 Å². The molecule has 0 radical (unpaired) electrons. The van der Waals surface area contributed by atoms with Gasteiger partial charge in [0.2, 0.25) is 0 Å². The van der Waals surface area contributed by atoms with Crippen LogP contribution >= 0.6 is 0 Å². The third-order valence-corrected chi connectivity index (χ3v) is 1.56. The van der Waals surface area contributed by atoms with Crippen molar-refractivity contribution in [3.63, 3.8) is 0 Å². The van der Waals surface area contributed by atoms with E-state index in [0.717, 1.165) is 0 Å². The minimum absolute atomic E-state index is 0. The van der Waals surface area contributed by atoms with E-state index in [4.69, 9.17) is 9.66 Å². The minimum Gasteiger partial charge on any atom is -0.478 e. The number of benzene rings is 1. The number of carboxylic acid groups (broad SMARTS) is 1. The van der Waals surface area contributed by atoms with Crippen molar-refractivity contribution in [1.29, 1.82) is 0 Å². The molecule has 0 saturated heterocycles. The maximum absolute atomic E-state index is 10.4. The first-order valence-electron chi connectivity index (χ1n) is 3.55. The zero-order valence-electron chi connectivity index (χ0n) is 8.15. The topological polar surface area (TPSA) is 110 Å². The molecule has 0 bridgehead atoms. The standard InChI is InChI=1S/C7H6O7S.K/c8-7(9)5-1-3-6(4-2-5)13-14-15(10,11)12;/h1-4H,(H,8,9)(H,10,11,12);/q;+1. The van der Waals surface area contributed by atoms with Gasteiger partial charge in [0.05, 0.1) is 5.56 Å². The van der Waals surface area contributed by atoms with Crippen molar-refractivity contribution in [3.8, 4) is 5.75 Å². The Morgan fingerprint density at radius 3 is 2.06 bits per heavy atom. The van der Waals surface area contributed by atoms with Crippen LogP contribution in [0.1, 0.15) is 10.4 Å². The van der Waals surface area contributed by atoms with E-state index in [-0.39, 0.29) is 62.7 Å². The molecule has 1 rings (SSSR count). The number of rotatable bonds is 4. The average Bonchev–Trinajstić information content (AvgIpc) is 2.14. The fourth-order valence-corrected chi connectivity index (χ4v) is 0.900. The van der Waals surface area contributed by atoms with Crippen LogP contribution in [0.3, 0.4) is 0 Å². The predicted octanol–water partition coefficient (Wildman–Crippen LogP) is -2.50. The van der Waals surface area contributed by atoms with Crippen LogP contribution in [-0.2, 0) is 14.7 Å². The van der Waals surface area contributed by atoms with Gasteiger partial charge in [-0.1, -0.05) is 0 Å². The van der Waals surface area contributed by atoms with Gasteiger partial charge >= 0.3 is 67.8 Å². The molecule has 0 atom stereocenters. The van der Waals surface area contributed by atoms with Crippen molar-refractivity contribution >= 4 is 16.4 Å². The van der Waals surface area contributed by atoms with Crippen LogP contribution in [0.5, 0.6) is 5.75 Å². The van der Waals surface area contributed by atoms with E-state index in [1.807, 2.05) is 0 Å². The molecule has 0 heterocycles. The number of aromatic carboxylic acids is 1. The number of hydrogen-bond donors (Lipinski definition) is 2. The molecule has 0 aliphatic heterocycles. The third-order valence-electron chi connectivity index (χ3n) is 1.32. The van der Waals surface area contributed by atoms with Crippen molar-refractivity contribution in [2.24, 2.45) is 0 Å². The van der Waals surface area contributed by atoms with Crippen molar-refractivity contribution < 1.29 is 83.5 Å². The van der Waals surface area contributed by atoms with Crippen LogP contribution < -0.4 is 56.3 Å². The van der Waals surface area contributed by atoms with Crippen LogP contribution in [0.15, 0.2) is 24.3 Å². The molecule has 0 aliphatic carbocycles. The van der Waals surface area contributed by atoms with Crippen molar-refractivity contribution in [3.05, 3.63) is 29.8 Å². The molecule has 0 aromatic heterocycles. The van der Waals surface area contributed by atoms with Gasteiger partial charge in [-0.15, -0.1) is 0 Å². The Morgan fingerprint density at radius 1 is 1.19 bits per heavy atom. The van der Waals surface area contributed by atoms with E-state index in [0.29, 0.717) is 0 Å². The Labute approximate surface area is 134 Å². The van der Waals surface area contributed by atoms with E-state index < -0.39 is 16.4 Å². The maximum Gasteiger partial charge on any atom is 1.00 e. The summed E-state index contributed by atoms with van der Waals surface area (Å²) in [5.41, 5.74) is 0.00852. The van der Waals surface area contributed by atoms with Crippen molar-refractivity contribution in [2.45, 2.75) is 0 Å². The molecular weight excluding hydrogens is 267 g/mol. The molecule has 1 aromatic rings. The Kier molecular flexibility index (Phi) is 6.66. The van der Waals surface area contributed by atoms with Gasteiger partial charge in [-0.05, 0) is 28.6 Å². The second-order valence-corrected chi connectivity index (χ2v) is 3.40. The maximum atomic E-state index is 10.4. The van der Waals surface area contributed by atoms with Gasteiger partial charge in [0.15, 0.2) is 5.75 Å². The summed E-state index contributed by atoms with van der Waals surface area (Å²) in [6.45, 7) is 0. The smallest absolute Gasteiger partial charge is 0.478 e. The molecule has 82 valence electrons. The summed E-state index contributed by atoms with van der Waals surface area (Å²) in [5.74, 6) is -1.19. The molecule has 9 heteroatoms. The van der Waals surface area contributed by atoms with Gasteiger partial charge in [0.25, 0.3) is 0 Å². The molecule has 1 aromatic carbocycles. The predicted molar refractivity (Wildman–Crippen MR) is 46.7 cm³/mol. The fraction of sp³-hybridized carbons (Fsp3) is 0. The summed E-state index contributed by atoms with van der Waals surface area (Å²) in [6.07, 6.45) is 0. The van der Waals surface area contributed by atoms with Gasteiger partial charge < -0.3 is 9.99 Å². The zero-order chi connectivity index (χ0) is 11.5. The summed E-state index contributed by atoms with van der Waals surface area (Å²) < 4.78 is 31.9. The second-order valence-electron chi connectivity index (χ2n) is 2.41. The molecular formula is C7H6KO7S+.